The zero-order valence-corrected chi connectivity index (χ0v) is 8.36. The van der Waals surface area contributed by atoms with Crippen molar-refractivity contribution in [3.63, 3.8) is 0 Å². The summed E-state index contributed by atoms with van der Waals surface area (Å²) < 4.78 is 44.8. The molecular formula is C11H7F3O3. The maximum atomic E-state index is 12.0. The van der Waals surface area contributed by atoms with E-state index in [1.807, 2.05) is 0 Å². The molecule has 0 aliphatic carbocycles. The molecule has 0 aliphatic rings. The topological polar surface area (TPSA) is 42.6 Å². The molecule has 0 spiro atoms. The molecule has 1 heterocycles. The Morgan fingerprint density at radius 2 is 1.94 bits per heavy atom. The average Bonchev–Trinajstić information content (AvgIpc) is 2.65. The van der Waals surface area contributed by atoms with E-state index in [-0.39, 0.29) is 5.75 Å². The van der Waals surface area contributed by atoms with E-state index in [0.717, 1.165) is 12.1 Å². The summed E-state index contributed by atoms with van der Waals surface area (Å²) in [5.41, 5.74) is 0.300. The largest absolute Gasteiger partial charge is 0.573 e. The van der Waals surface area contributed by atoms with Crippen LogP contribution in [0.15, 0.2) is 41.0 Å². The fourth-order valence-corrected chi connectivity index (χ4v) is 1.36. The van der Waals surface area contributed by atoms with Gasteiger partial charge in [0.25, 0.3) is 0 Å². The van der Waals surface area contributed by atoms with Crippen molar-refractivity contribution < 1.29 is 27.4 Å². The lowest BCUT2D eigenvalue weighted by molar-refractivity contribution is -0.274. The fourth-order valence-electron chi connectivity index (χ4n) is 1.36. The second-order valence-corrected chi connectivity index (χ2v) is 3.24. The third-order valence-electron chi connectivity index (χ3n) is 1.93. The van der Waals surface area contributed by atoms with E-state index in [1.165, 1.54) is 12.3 Å². The van der Waals surface area contributed by atoms with Gasteiger partial charge in [0.05, 0.1) is 6.26 Å². The second-order valence-electron chi connectivity index (χ2n) is 3.24. The summed E-state index contributed by atoms with van der Waals surface area (Å²) in [6.07, 6.45) is -3.42. The number of rotatable bonds is 2. The summed E-state index contributed by atoms with van der Waals surface area (Å²) >= 11 is 0. The molecule has 90 valence electrons. The Hall–Kier alpha value is -2.11. The molecule has 3 nitrogen and oxygen atoms in total. The Balaban J connectivity index is 2.36. The van der Waals surface area contributed by atoms with E-state index in [4.69, 9.17) is 4.42 Å². The molecule has 1 aromatic heterocycles. The average molecular weight is 244 g/mol. The number of ether oxygens (including phenoxy) is 1. The molecule has 0 fully saturated rings. The van der Waals surface area contributed by atoms with Crippen molar-refractivity contribution in [2.24, 2.45) is 0 Å². The molecule has 17 heavy (non-hydrogen) atoms. The Morgan fingerprint density at radius 1 is 1.18 bits per heavy atom. The first kappa shape index (κ1) is 11.4. The van der Waals surface area contributed by atoms with Crippen molar-refractivity contribution in [1.82, 2.24) is 0 Å². The van der Waals surface area contributed by atoms with Gasteiger partial charge in [0.1, 0.15) is 17.3 Å². The predicted molar refractivity (Wildman–Crippen MR) is 52.5 cm³/mol. The third kappa shape index (κ3) is 2.93. The number of furan rings is 1. The predicted octanol–water partition coefficient (Wildman–Crippen LogP) is 3.55. The van der Waals surface area contributed by atoms with Gasteiger partial charge in [-0.05, 0) is 24.3 Å². The van der Waals surface area contributed by atoms with Crippen LogP contribution in [0.2, 0.25) is 0 Å². The summed E-state index contributed by atoms with van der Waals surface area (Å²) in [7, 11) is 0. The van der Waals surface area contributed by atoms with Crippen LogP contribution in [0.5, 0.6) is 11.5 Å². The smallest absolute Gasteiger partial charge is 0.508 e. The van der Waals surface area contributed by atoms with Gasteiger partial charge in [0.15, 0.2) is 0 Å². The standard InChI is InChI=1S/C11H7F3O3/c12-11(13,14)17-9-5-7(4-8(15)6-9)10-2-1-3-16-10/h1-6,15H. The molecule has 1 aromatic carbocycles. The lowest BCUT2D eigenvalue weighted by Gasteiger charge is -2.10. The summed E-state index contributed by atoms with van der Waals surface area (Å²) in [5, 5.41) is 9.30. The lowest BCUT2D eigenvalue weighted by atomic mass is 10.1. The summed E-state index contributed by atoms with van der Waals surface area (Å²) in [6.45, 7) is 0. The van der Waals surface area contributed by atoms with Crippen LogP contribution in [0.1, 0.15) is 0 Å². The van der Waals surface area contributed by atoms with Crippen LogP contribution in [0, 0.1) is 0 Å². The number of hydrogen-bond donors (Lipinski definition) is 1. The van der Waals surface area contributed by atoms with Gasteiger partial charge in [0, 0.05) is 11.6 Å². The van der Waals surface area contributed by atoms with Crippen LogP contribution >= 0.6 is 0 Å². The monoisotopic (exact) mass is 244 g/mol. The molecule has 1 N–H and O–H groups in total. The Bertz CT molecular complexity index is 503. The maximum Gasteiger partial charge on any atom is 0.573 e. The van der Waals surface area contributed by atoms with E-state index in [0.29, 0.717) is 11.3 Å². The van der Waals surface area contributed by atoms with Gasteiger partial charge in [-0.2, -0.15) is 0 Å². The van der Waals surface area contributed by atoms with Crippen LogP contribution in [0.4, 0.5) is 13.2 Å². The van der Waals surface area contributed by atoms with Gasteiger partial charge in [-0.3, -0.25) is 0 Å². The normalized spacial score (nSPS) is 11.5. The van der Waals surface area contributed by atoms with Crippen LogP contribution in [-0.4, -0.2) is 11.5 Å². The van der Waals surface area contributed by atoms with Crippen molar-refractivity contribution in [3.8, 4) is 22.8 Å². The second kappa shape index (κ2) is 4.04. The summed E-state index contributed by atoms with van der Waals surface area (Å²) in [6, 6.07) is 6.43. The Labute approximate surface area is 94.1 Å². The van der Waals surface area contributed by atoms with Crippen LogP contribution in [0.25, 0.3) is 11.3 Å². The number of phenols is 1. The fraction of sp³-hybridized carbons (Fsp3) is 0.0909. The van der Waals surface area contributed by atoms with E-state index in [2.05, 4.69) is 4.74 Å². The van der Waals surface area contributed by atoms with E-state index < -0.39 is 12.1 Å². The van der Waals surface area contributed by atoms with Gasteiger partial charge in [-0.1, -0.05) is 0 Å². The molecule has 0 amide bonds. The molecule has 6 heteroatoms. The molecular weight excluding hydrogens is 237 g/mol. The molecule has 0 unspecified atom stereocenters. The zero-order valence-electron chi connectivity index (χ0n) is 8.36. The number of aromatic hydroxyl groups is 1. The lowest BCUT2D eigenvalue weighted by Crippen LogP contribution is -2.17. The molecule has 0 saturated heterocycles. The Morgan fingerprint density at radius 3 is 2.53 bits per heavy atom. The molecule has 0 saturated carbocycles. The Kier molecular flexibility index (Phi) is 2.71. The van der Waals surface area contributed by atoms with Crippen molar-refractivity contribution >= 4 is 0 Å². The number of phenolic OH excluding ortho intramolecular Hbond substituents is 1. The first-order valence-corrected chi connectivity index (χ1v) is 4.58. The first-order chi connectivity index (χ1) is 7.94. The van der Waals surface area contributed by atoms with Crippen molar-refractivity contribution in [3.05, 3.63) is 36.6 Å². The van der Waals surface area contributed by atoms with Crippen LogP contribution in [-0.2, 0) is 0 Å². The highest BCUT2D eigenvalue weighted by Gasteiger charge is 2.31. The third-order valence-corrected chi connectivity index (χ3v) is 1.93. The molecule has 2 aromatic rings. The van der Waals surface area contributed by atoms with Crippen molar-refractivity contribution in [1.29, 1.82) is 0 Å². The first-order valence-electron chi connectivity index (χ1n) is 4.58. The highest BCUT2D eigenvalue weighted by molar-refractivity contribution is 5.62. The number of hydrogen-bond acceptors (Lipinski definition) is 3. The molecule has 0 aliphatic heterocycles. The molecule has 0 radical (unpaired) electrons. The highest BCUT2D eigenvalue weighted by atomic mass is 19.4. The zero-order chi connectivity index (χ0) is 12.5. The number of alkyl halides is 3. The van der Waals surface area contributed by atoms with E-state index in [9.17, 15) is 18.3 Å². The number of halogens is 3. The van der Waals surface area contributed by atoms with Gasteiger partial charge >= 0.3 is 6.36 Å². The van der Waals surface area contributed by atoms with Gasteiger partial charge in [-0.15, -0.1) is 13.2 Å². The quantitative estimate of drug-likeness (QED) is 0.878. The van der Waals surface area contributed by atoms with Gasteiger partial charge < -0.3 is 14.3 Å². The van der Waals surface area contributed by atoms with Crippen LogP contribution < -0.4 is 4.74 Å². The van der Waals surface area contributed by atoms with E-state index in [1.54, 1.807) is 12.1 Å². The van der Waals surface area contributed by atoms with Gasteiger partial charge in [-0.25, -0.2) is 0 Å². The maximum absolute atomic E-state index is 12.0. The van der Waals surface area contributed by atoms with E-state index >= 15 is 0 Å². The molecule has 2 rings (SSSR count). The van der Waals surface area contributed by atoms with Crippen molar-refractivity contribution in [2.45, 2.75) is 6.36 Å². The molecule has 0 atom stereocenters. The minimum absolute atomic E-state index is 0.300. The summed E-state index contributed by atoms with van der Waals surface area (Å²) in [4.78, 5) is 0. The number of benzene rings is 1. The van der Waals surface area contributed by atoms with Gasteiger partial charge in [0.2, 0.25) is 0 Å². The van der Waals surface area contributed by atoms with Crippen molar-refractivity contribution in [2.75, 3.05) is 0 Å². The SMILES string of the molecule is Oc1cc(OC(F)(F)F)cc(-c2ccco2)c1. The summed E-state index contributed by atoms with van der Waals surface area (Å²) in [5.74, 6) is -0.491. The minimum Gasteiger partial charge on any atom is -0.508 e. The minimum atomic E-state index is -4.80. The van der Waals surface area contributed by atoms with Crippen LogP contribution in [0.3, 0.4) is 0 Å². The molecule has 0 bridgehead atoms. The highest BCUT2D eigenvalue weighted by Crippen LogP contribution is 2.32.